The van der Waals surface area contributed by atoms with Crippen molar-refractivity contribution in [2.75, 3.05) is 0 Å². The summed E-state index contributed by atoms with van der Waals surface area (Å²) < 4.78 is 16.1. The Morgan fingerprint density at radius 3 is 2.11 bits per heavy atom. The van der Waals surface area contributed by atoms with E-state index >= 15 is 0 Å². The predicted molar refractivity (Wildman–Crippen MR) is 73.4 cm³/mol. The highest BCUT2D eigenvalue weighted by Crippen LogP contribution is 2.35. The second-order valence-electron chi connectivity index (χ2n) is 3.89. The van der Waals surface area contributed by atoms with Crippen LogP contribution in [-0.4, -0.2) is 6.29 Å². The van der Waals surface area contributed by atoms with Crippen LogP contribution < -0.4 is 0 Å². The summed E-state index contributed by atoms with van der Waals surface area (Å²) in [4.78, 5) is 11.6. The van der Waals surface area contributed by atoms with Crippen molar-refractivity contribution in [3.8, 4) is 0 Å². The van der Waals surface area contributed by atoms with Crippen LogP contribution in [0.1, 0.15) is 11.1 Å². The summed E-state index contributed by atoms with van der Waals surface area (Å²) in [5.74, 6) is 0. The van der Waals surface area contributed by atoms with Crippen molar-refractivity contribution in [1.82, 2.24) is 0 Å². The fourth-order valence-corrected chi connectivity index (χ4v) is 2.37. The summed E-state index contributed by atoms with van der Waals surface area (Å²) >= 11 is 5.84. The van der Waals surface area contributed by atoms with E-state index in [0.717, 1.165) is 0 Å². The number of rotatable bonds is 5. The molecule has 0 fully saturated rings. The van der Waals surface area contributed by atoms with Gasteiger partial charge in [0, 0.05) is 5.02 Å². The summed E-state index contributed by atoms with van der Waals surface area (Å²) in [7, 11) is -0.569. The molecule has 0 aromatic heterocycles. The fourth-order valence-electron chi connectivity index (χ4n) is 1.87. The zero-order valence-corrected chi connectivity index (χ0v) is 11.5. The smallest absolute Gasteiger partial charge is 0.299 e. The third kappa shape index (κ3) is 2.74. The van der Waals surface area contributed by atoms with Crippen LogP contribution in [0.25, 0.3) is 0 Å². The highest BCUT2D eigenvalue weighted by Gasteiger charge is 2.36. The molecule has 0 saturated carbocycles. The standard InChI is InChI=1S/C14H10ClO3P/c15-13-8-6-12(7-9-13)14(10-16,18-19-17)11-4-2-1-3-5-11/h1-10H. The molecule has 1 atom stereocenters. The van der Waals surface area contributed by atoms with Gasteiger partial charge in [-0.3, -0.25) is 9.32 Å². The minimum Gasteiger partial charge on any atom is -0.299 e. The van der Waals surface area contributed by atoms with Crippen molar-refractivity contribution >= 4 is 26.6 Å². The Bertz CT molecular complexity index is 571. The monoisotopic (exact) mass is 292 g/mol. The Morgan fingerprint density at radius 1 is 1.00 bits per heavy atom. The number of hydrogen-bond donors (Lipinski definition) is 0. The Labute approximate surface area is 117 Å². The molecule has 0 aliphatic carbocycles. The first-order chi connectivity index (χ1) is 9.23. The first kappa shape index (κ1) is 13.9. The second kappa shape index (κ2) is 6.07. The van der Waals surface area contributed by atoms with Crippen molar-refractivity contribution in [2.24, 2.45) is 0 Å². The molecule has 0 spiro atoms. The minimum atomic E-state index is -1.39. The number of carbonyl (C=O) groups excluding carboxylic acids is 1. The van der Waals surface area contributed by atoms with Crippen LogP contribution in [0.4, 0.5) is 0 Å². The van der Waals surface area contributed by atoms with Crippen LogP contribution in [-0.2, 0) is 19.5 Å². The van der Waals surface area contributed by atoms with Gasteiger partial charge in [-0.05, 0) is 23.3 Å². The van der Waals surface area contributed by atoms with Gasteiger partial charge >= 0.3 is 8.69 Å². The van der Waals surface area contributed by atoms with Crippen LogP contribution in [0.15, 0.2) is 54.6 Å². The summed E-state index contributed by atoms with van der Waals surface area (Å²) in [6.07, 6.45) is 0.635. The van der Waals surface area contributed by atoms with E-state index in [-0.39, 0.29) is 0 Å². The molecule has 1 unspecified atom stereocenters. The molecular weight excluding hydrogens is 283 g/mol. The molecular formula is C14H10ClO3P. The van der Waals surface area contributed by atoms with E-state index < -0.39 is 14.3 Å². The highest BCUT2D eigenvalue weighted by atomic mass is 35.5. The SMILES string of the molecule is O=CC(OP=O)(c1ccccc1)c1ccc(Cl)cc1. The van der Waals surface area contributed by atoms with Gasteiger partial charge in [-0.1, -0.05) is 54.1 Å². The molecule has 0 aliphatic rings. The molecule has 0 N–H and O–H groups in total. The molecule has 19 heavy (non-hydrogen) atoms. The van der Waals surface area contributed by atoms with Crippen LogP contribution in [0.2, 0.25) is 5.02 Å². The van der Waals surface area contributed by atoms with E-state index in [1.54, 1.807) is 48.5 Å². The van der Waals surface area contributed by atoms with Crippen LogP contribution >= 0.6 is 20.3 Å². The van der Waals surface area contributed by atoms with E-state index in [2.05, 4.69) is 0 Å². The molecule has 0 heterocycles. The third-order valence-corrected chi connectivity index (χ3v) is 3.44. The quantitative estimate of drug-likeness (QED) is 0.618. The van der Waals surface area contributed by atoms with Gasteiger partial charge < -0.3 is 0 Å². The zero-order chi connectivity index (χ0) is 13.7. The van der Waals surface area contributed by atoms with Crippen molar-refractivity contribution < 1.29 is 13.9 Å². The molecule has 0 saturated heterocycles. The maximum absolute atomic E-state index is 11.6. The maximum Gasteiger partial charge on any atom is 0.329 e. The average molecular weight is 293 g/mol. The largest absolute Gasteiger partial charge is 0.329 e. The topological polar surface area (TPSA) is 43.4 Å². The van der Waals surface area contributed by atoms with Crippen LogP contribution in [0.3, 0.4) is 0 Å². The lowest BCUT2D eigenvalue weighted by atomic mass is 9.88. The van der Waals surface area contributed by atoms with E-state index in [4.69, 9.17) is 16.1 Å². The van der Waals surface area contributed by atoms with E-state index in [0.29, 0.717) is 22.4 Å². The number of halogens is 1. The normalized spacial score (nSPS) is 13.9. The second-order valence-corrected chi connectivity index (χ2v) is 4.66. The summed E-state index contributed by atoms with van der Waals surface area (Å²) in [5, 5.41) is 0.552. The summed E-state index contributed by atoms with van der Waals surface area (Å²) in [5.41, 5.74) is -0.216. The Hall–Kier alpha value is -1.54. The van der Waals surface area contributed by atoms with E-state index in [1.807, 2.05) is 6.07 Å². The van der Waals surface area contributed by atoms with Crippen LogP contribution in [0.5, 0.6) is 0 Å². The Kier molecular flexibility index (Phi) is 4.43. The van der Waals surface area contributed by atoms with Gasteiger partial charge in [0.2, 0.25) is 0 Å². The van der Waals surface area contributed by atoms with Crippen LogP contribution in [0, 0.1) is 0 Å². The van der Waals surface area contributed by atoms with Gasteiger partial charge in [-0.2, -0.15) is 0 Å². The van der Waals surface area contributed by atoms with Gasteiger partial charge in [-0.25, -0.2) is 4.57 Å². The van der Waals surface area contributed by atoms with E-state index in [1.165, 1.54) is 0 Å². The lowest BCUT2D eigenvalue weighted by Crippen LogP contribution is -2.30. The summed E-state index contributed by atoms with van der Waals surface area (Å²) in [6.45, 7) is 0. The number of hydrogen-bond acceptors (Lipinski definition) is 3. The number of aldehydes is 1. The predicted octanol–water partition coefficient (Wildman–Crippen LogP) is 4.01. The zero-order valence-electron chi connectivity index (χ0n) is 9.82. The van der Waals surface area contributed by atoms with E-state index in [9.17, 15) is 9.36 Å². The molecule has 96 valence electrons. The molecule has 0 bridgehead atoms. The van der Waals surface area contributed by atoms with Gasteiger partial charge in [0.05, 0.1) is 0 Å². The van der Waals surface area contributed by atoms with Crippen molar-refractivity contribution in [2.45, 2.75) is 5.60 Å². The number of benzene rings is 2. The molecule has 3 nitrogen and oxygen atoms in total. The molecule has 5 heteroatoms. The van der Waals surface area contributed by atoms with Crippen molar-refractivity contribution in [3.05, 3.63) is 70.7 Å². The molecule has 2 aromatic carbocycles. The maximum atomic E-state index is 11.6. The minimum absolute atomic E-state index is 0.552. The lowest BCUT2D eigenvalue weighted by molar-refractivity contribution is -0.118. The van der Waals surface area contributed by atoms with Crippen molar-refractivity contribution in [3.63, 3.8) is 0 Å². The molecule has 0 aliphatic heterocycles. The molecule has 0 amide bonds. The summed E-state index contributed by atoms with van der Waals surface area (Å²) in [6, 6.07) is 15.6. The van der Waals surface area contributed by atoms with Gasteiger partial charge in [0.1, 0.15) is 0 Å². The molecule has 0 radical (unpaired) electrons. The lowest BCUT2D eigenvalue weighted by Gasteiger charge is -2.25. The van der Waals surface area contributed by atoms with Gasteiger partial charge in [0.15, 0.2) is 11.9 Å². The third-order valence-electron chi connectivity index (χ3n) is 2.82. The molecule has 2 rings (SSSR count). The number of carbonyl (C=O) groups is 1. The average Bonchev–Trinajstić information content (AvgIpc) is 2.47. The molecule has 2 aromatic rings. The first-order valence-corrected chi connectivity index (χ1v) is 6.62. The van der Waals surface area contributed by atoms with Gasteiger partial charge in [0.25, 0.3) is 0 Å². The Balaban J connectivity index is 2.60. The fraction of sp³-hybridized carbons (Fsp3) is 0.0714. The van der Waals surface area contributed by atoms with Gasteiger partial charge in [-0.15, -0.1) is 0 Å². The highest BCUT2D eigenvalue weighted by molar-refractivity contribution is 7.17. The first-order valence-electron chi connectivity index (χ1n) is 5.51. The Morgan fingerprint density at radius 2 is 1.58 bits per heavy atom. The van der Waals surface area contributed by atoms with Crippen molar-refractivity contribution in [1.29, 1.82) is 0 Å².